The lowest BCUT2D eigenvalue weighted by Crippen LogP contribution is -2.60. The van der Waals surface area contributed by atoms with Gasteiger partial charge in [-0.3, -0.25) is 14.1 Å². The number of esters is 2. The lowest BCUT2D eigenvalue weighted by atomic mass is 10.00. The average molecular weight is 911 g/mol. The van der Waals surface area contributed by atoms with Crippen LogP contribution in [-0.2, 0) is 38.7 Å². The molecule has 364 valence electrons. The van der Waals surface area contributed by atoms with Gasteiger partial charge in [0.15, 0.2) is 12.4 Å². The highest BCUT2D eigenvalue weighted by Gasteiger charge is 2.46. The van der Waals surface area contributed by atoms with Gasteiger partial charge < -0.3 is 34.3 Å². The van der Waals surface area contributed by atoms with Crippen LogP contribution in [-0.4, -0.2) is 96.0 Å². The molecule has 0 aromatic rings. The van der Waals surface area contributed by atoms with Gasteiger partial charge in [-0.1, -0.05) is 164 Å². The summed E-state index contributed by atoms with van der Waals surface area (Å²) < 4.78 is 54.0. The monoisotopic (exact) mass is 911 g/mol. The van der Waals surface area contributed by atoms with Crippen molar-refractivity contribution in [2.45, 2.75) is 224 Å². The minimum atomic E-state index is -4.61. The molecule has 0 bridgehead atoms. The molecule has 6 atom stereocenters. The minimum absolute atomic E-state index is 0.0551. The van der Waals surface area contributed by atoms with Gasteiger partial charge in [0.1, 0.15) is 36.8 Å². The van der Waals surface area contributed by atoms with Crippen LogP contribution in [0.5, 0.6) is 0 Å². The molecular weight excluding hydrogens is 825 g/mol. The molecule has 1 fully saturated rings. The SMILES string of the molecule is CCCCC/C=C/C/C=C/C/C=C/CCCCCCCCCCCC(=O)OCC(CO[C@H]1O[C@H](CS(=O)(=O)O)[C@@H](O)C(O)C1O)OC(=O)CC/C=C/C/C=C/CCCCCCCC. The van der Waals surface area contributed by atoms with Crippen molar-refractivity contribution in [1.29, 1.82) is 0 Å². The van der Waals surface area contributed by atoms with Crippen LogP contribution in [0.1, 0.15) is 187 Å². The third kappa shape index (κ3) is 34.4. The Morgan fingerprint density at radius 2 is 0.984 bits per heavy atom. The number of carbonyl (C=O) groups excluding carboxylic acids is 2. The number of aliphatic hydroxyl groups is 3. The largest absolute Gasteiger partial charge is 0.462 e. The Morgan fingerprint density at radius 3 is 1.51 bits per heavy atom. The third-order valence-electron chi connectivity index (χ3n) is 10.8. The second-order valence-corrected chi connectivity index (χ2v) is 18.3. The number of unbranched alkanes of at least 4 members (excludes halogenated alkanes) is 18. The normalized spacial score (nSPS) is 20.3. The molecule has 1 aliphatic heterocycles. The highest BCUT2D eigenvalue weighted by molar-refractivity contribution is 7.85. The molecule has 1 aliphatic rings. The van der Waals surface area contributed by atoms with Gasteiger partial charge in [0, 0.05) is 12.8 Å². The smallest absolute Gasteiger partial charge is 0.306 e. The van der Waals surface area contributed by atoms with Gasteiger partial charge >= 0.3 is 11.9 Å². The molecule has 1 rings (SSSR count). The van der Waals surface area contributed by atoms with Crippen LogP contribution in [0.3, 0.4) is 0 Å². The molecule has 0 aromatic carbocycles. The van der Waals surface area contributed by atoms with Crippen LogP contribution in [0.2, 0.25) is 0 Å². The van der Waals surface area contributed by atoms with Crippen molar-refractivity contribution in [2.75, 3.05) is 19.0 Å². The first-order valence-electron chi connectivity index (χ1n) is 24.3. The zero-order chi connectivity index (χ0) is 46.2. The number of ether oxygens (including phenoxy) is 4. The van der Waals surface area contributed by atoms with E-state index in [-0.39, 0.29) is 19.4 Å². The number of hydrogen-bond acceptors (Lipinski definition) is 11. The van der Waals surface area contributed by atoms with Crippen LogP contribution < -0.4 is 0 Å². The lowest BCUT2D eigenvalue weighted by Gasteiger charge is -2.40. The number of carbonyl (C=O) groups is 2. The van der Waals surface area contributed by atoms with E-state index in [9.17, 15) is 37.9 Å². The van der Waals surface area contributed by atoms with E-state index >= 15 is 0 Å². The predicted octanol–water partition coefficient (Wildman–Crippen LogP) is 10.5. The Kier molecular flexibility index (Phi) is 36.8. The Labute approximate surface area is 381 Å². The van der Waals surface area contributed by atoms with E-state index in [0.29, 0.717) is 12.8 Å². The third-order valence-corrected chi connectivity index (χ3v) is 11.6. The Hall–Kier alpha value is -2.65. The first-order valence-corrected chi connectivity index (χ1v) is 26.0. The van der Waals surface area contributed by atoms with E-state index in [1.165, 1.54) is 96.3 Å². The van der Waals surface area contributed by atoms with Gasteiger partial charge in [-0.15, -0.1) is 0 Å². The second-order valence-electron chi connectivity index (χ2n) is 16.8. The first kappa shape index (κ1) is 58.4. The molecule has 13 heteroatoms. The number of aliphatic hydroxyl groups excluding tert-OH is 3. The van der Waals surface area contributed by atoms with Crippen molar-refractivity contribution < 1.29 is 56.8 Å². The van der Waals surface area contributed by atoms with Gasteiger partial charge in [-0.05, 0) is 70.6 Å². The summed E-state index contributed by atoms with van der Waals surface area (Å²) in [4.78, 5) is 25.4. The zero-order valence-electron chi connectivity index (χ0n) is 38.9. The molecule has 3 unspecified atom stereocenters. The summed E-state index contributed by atoms with van der Waals surface area (Å²) in [6, 6.07) is 0. The van der Waals surface area contributed by atoms with Gasteiger partial charge in [0.05, 0.1) is 6.61 Å². The maximum Gasteiger partial charge on any atom is 0.306 e. The molecule has 0 spiro atoms. The number of hydrogen-bond donors (Lipinski definition) is 4. The van der Waals surface area contributed by atoms with Gasteiger partial charge in [0.2, 0.25) is 0 Å². The topological polar surface area (TPSA) is 186 Å². The second kappa shape index (κ2) is 39.7. The summed E-state index contributed by atoms with van der Waals surface area (Å²) in [5.41, 5.74) is 0. The fraction of sp³-hybridized carbons (Fsp3) is 0.760. The molecule has 4 N–H and O–H groups in total. The van der Waals surface area contributed by atoms with Crippen LogP contribution in [0.15, 0.2) is 60.8 Å². The molecule has 63 heavy (non-hydrogen) atoms. The zero-order valence-corrected chi connectivity index (χ0v) is 39.7. The standard InChI is InChI=1S/C50H86O12S/c1-3-5-7-9-11-13-15-17-18-19-20-21-22-23-24-25-27-28-30-32-34-36-38-45(51)59-40-43(41-60-50-49(55)48(54)47(53)44(62-50)42-63(56,57)58)61-46(52)39-37-35-33-31-29-26-16-14-12-10-8-6-4-2/h11,13,17-18,20-21,26,29,33,35,43-44,47-50,53-55H,3-10,12,14-16,19,22-25,27-28,30-32,34,36-42H2,1-2H3,(H,56,57,58)/b13-11+,18-17+,21-20+,29-26+,35-33+/t43?,44-,47-,48?,49?,50+/m1/s1. The Balaban J connectivity index is 2.40. The molecule has 0 aliphatic carbocycles. The average Bonchev–Trinajstić information content (AvgIpc) is 3.25. The molecule has 0 radical (unpaired) electrons. The summed E-state index contributed by atoms with van der Waals surface area (Å²) in [7, 11) is -4.61. The maximum atomic E-state index is 12.8. The molecule has 0 aromatic heterocycles. The van der Waals surface area contributed by atoms with Crippen LogP contribution in [0, 0.1) is 0 Å². The van der Waals surface area contributed by atoms with Crippen molar-refractivity contribution in [3.8, 4) is 0 Å². The number of rotatable bonds is 40. The summed E-state index contributed by atoms with van der Waals surface area (Å²) in [5, 5.41) is 30.9. The summed E-state index contributed by atoms with van der Waals surface area (Å²) in [6.07, 6.45) is 39.9. The van der Waals surface area contributed by atoms with Gasteiger partial charge in [0.25, 0.3) is 10.1 Å². The maximum absolute atomic E-state index is 12.8. The molecule has 0 amide bonds. The van der Waals surface area contributed by atoms with E-state index in [2.05, 4.69) is 62.5 Å². The molecule has 1 saturated heterocycles. The Bertz CT molecular complexity index is 1390. The van der Waals surface area contributed by atoms with Crippen molar-refractivity contribution in [3.63, 3.8) is 0 Å². The number of allylic oxidation sites excluding steroid dienone is 10. The van der Waals surface area contributed by atoms with E-state index in [1.54, 1.807) is 0 Å². The van der Waals surface area contributed by atoms with E-state index < -0.39 is 71.2 Å². The summed E-state index contributed by atoms with van der Waals surface area (Å²) in [6.45, 7) is 3.67. The fourth-order valence-electron chi connectivity index (χ4n) is 7.03. The lowest BCUT2D eigenvalue weighted by molar-refractivity contribution is -0.297. The summed E-state index contributed by atoms with van der Waals surface area (Å²) >= 11 is 0. The highest BCUT2D eigenvalue weighted by atomic mass is 32.2. The van der Waals surface area contributed by atoms with Gasteiger partial charge in [-0.2, -0.15) is 8.42 Å². The minimum Gasteiger partial charge on any atom is -0.462 e. The van der Waals surface area contributed by atoms with E-state index in [1.807, 2.05) is 12.2 Å². The van der Waals surface area contributed by atoms with Crippen molar-refractivity contribution in [3.05, 3.63) is 60.8 Å². The van der Waals surface area contributed by atoms with Crippen LogP contribution in [0.25, 0.3) is 0 Å². The highest BCUT2D eigenvalue weighted by Crippen LogP contribution is 2.24. The van der Waals surface area contributed by atoms with Gasteiger partial charge in [-0.25, -0.2) is 0 Å². The molecule has 0 saturated carbocycles. The summed E-state index contributed by atoms with van der Waals surface area (Å²) in [5.74, 6) is -2.08. The Morgan fingerprint density at radius 1 is 0.540 bits per heavy atom. The quantitative estimate of drug-likeness (QED) is 0.0198. The molecular formula is C50H86O12S. The van der Waals surface area contributed by atoms with E-state index in [0.717, 1.165) is 51.4 Å². The fourth-order valence-corrected chi connectivity index (χ4v) is 7.72. The molecule has 12 nitrogen and oxygen atoms in total. The van der Waals surface area contributed by atoms with Crippen LogP contribution >= 0.6 is 0 Å². The van der Waals surface area contributed by atoms with Crippen LogP contribution in [0.4, 0.5) is 0 Å². The molecule has 1 heterocycles. The van der Waals surface area contributed by atoms with Crippen molar-refractivity contribution in [2.24, 2.45) is 0 Å². The van der Waals surface area contributed by atoms with E-state index in [4.69, 9.17) is 18.9 Å². The van der Waals surface area contributed by atoms with Crippen molar-refractivity contribution in [1.82, 2.24) is 0 Å². The first-order chi connectivity index (χ1) is 30.5. The predicted molar refractivity (Wildman–Crippen MR) is 252 cm³/mol. The van der Waals surface area contributed by atoms with Crippen molar-refractivity contribution >= 4 is 22.1 Å².